The van der Waals surface area contributed by atoms with E-state index < -0.39 is 0 Å². The van der Waals surface area contributed by atoms with E-state index in [1.165, 1.54) is 49.8 Å². The topological polar surface area (TPSA) is 12.9 Å². The normalized spacial score (nSPS) is 19.2. The summed E-state index contributed by atoms with van der Waals surface area (Å²) in [5.74, 6) is 0.734. The molecule has 0 atom stereocenters. The second-order valence-corrected chi connectivity index (χ2v) is 4.45. The number of aromatic nitrogens is 1. The molecular weight excluding hydrogens is 170 g/mol. The Labute approximate surface area is 86.6 Å². The Morgan fingerprint density at radius 3 is 2.50 bits per heavy atom. The minimum Gasteiger partial charge on any atom is -0.261 e. The maximum Gasteiger partial charge on any atom is 0.0437 e. The number of aryl methyl sites for hydroxylation is 1. The van der Waals surface area contributed by atoms with Crippen LogP contribution in [-0.2, 0) is 0 Å². The standard InChI is InChI=1S/C13H19N/c1-11-8-9-14-13(10-11)12-6-4-2-3-5-7-12/h8-10,12H,2-7H2,1H3. The fraction of sp³-hybridized carbons (Fsp3) is 0.615. The molecule has 0 spiro atoms. The molecule has 0 bridgehead atoms. The number of pyridine rings is 1. The van der Waals surface area contributed by atoms with E-state index in [1.807, 2.05) is 6.20 Å². The Hall–Kier alpha value is -0.850. The smallest absolute Gasteiger partial charge is 0.0437 e. The van der Waals surface area contributed by atoms with Crippen molar-refractivity contribution in [2.75, 3.05) is 0 Å². The van der Waals surface area contributed by atoms with Crippen LogP contribution in [0.2, 0.25) is 0 Å². The van der Waals surface area contributed by atoms with E-state index in [4.69, 9.17) is 0 Å². The molecule has 1 heteroatoms. The maximum absolute atomic E-state index is 4.50. The van der Waals surface area contributed by atoms with E-state index in [9.17, 15) is 0 Å². The third kappa shape index (κ3) is 2.34. The van der Waals surface area contributed by atoms with Crippen LogP contribution in [-0.4, -0.2) is 4.98 Å². The average Bonchev–Trinajstić information content (AvgIpc) is 2.45. The first-order chi connectivity index (χ1) is 6.86. The molecule has 1 fully saturated rings. The highest BCUT2D eigenvalue weighted by atomic mass is 14.7. The van der Waals surface area contributed by atoms with Gasteiger partial charge in [-0.1, -0.05) is 25.7 Å². The number of hydrogen-bond donors (Lipinski definition) is 0. The molecule has 0 aromatic carbocycles. The fourth-order valence-corrected chi connectivity index (χ4v) is 2.36. The molecule has 0 aliphatic heterocycles. The zero-order chi connectivity index (χ0) is 9.80. The van der Waals surface area contributed by atoms with Gasteiger partial charge in [0, 0.05) is 17.8 Å². The van der Waals surface area contributed by atoms with Gasteiger partial charge in [0.1, 0.15) is 0 Å². The largest absolute Gasteiger partial charge is 0.261 e. The summed E-state index contributed by atoms with van der Waals surface area (Å²) in [5.41, 5.74) is 2.67. The lowest BCUT2D eigenvalue weighted by Gasteiger charge is -2.13. The van der Waals surface area contributed by atoms with Gasteiger partial charge in [-0.2, -0.15) is 0 Å². The number of hydrogen-bond acceptors (Lipinski definition) is 1. The van der Waals surface area contributed by atoms with Crippen molar-refractivity contribution in [2.45, 2.75) is 51.4 Å². The first-order valence-electron chi connectivity index (χ1n) is 5.79. The summed E-state index contributed by atoms with van der Waals surface area (Å²) in [6.45, 7) is 2.15. The predicted octanol–water partition coefficient (Wildman–Crippen LogP) is 3.83. The second-order valence-electron chi connectivity index (χ2n) is 4.45. The Morgan fingerprint density at radius 2 is 1.86 bits per heavy atom. The Morgan fingerprint density at radius 1 is 1.14 bits per heavy atom. The van der Waals surface area contributed by atoms with Crippen LogP contribution in [0, 0.1) is 6.92 Å². The summed E-state index contributed by atoms with van der Waals surface area (Å²) in [6.07, 6.45) is 10.3. The van der Waals surface area contributed by atoms with Crippen LogP contribution in [0.5, 0.6) is 0 Å². The van der Waals surface area contributed by atoms with Crippen LogP contribution in [0.4, 0.5) is 0 Å². The highest BCUT2D eigenvalue weighted by Gasteiger charge is 2.15. The van der Waals surface area contributed by atoms with Crippen molar-refractivity contribution in [3.63, 3.8) is 0 Å². The molecule has 1 heterocycles. The van der Waals surface area contributed by atoms with Gasteiger partial charge in [0.2, 0.25) is 0 Å². The van der Waals surface area contributed by atoms with Gasteiger partial charge in [-0.15, -0.1) is 0 Å². The Bertz CT molecular complexity index is 285. The summed E-state index contributed by atoms with van der Waals surface area (Å²) in [7, 11) is 0. The van der Waals surface area contributed by atoms with Crippen molar-refractivity contribution >= 4 is 0 Å². The van der Waals surface area contributed by atoms with Crippen LogP contribution in [0.3, 0.4) is 0 Å². The van der Waals surface area contributed by atoms with Gasteiger partial charge in [-0.05, 0) is 37.5 Å². The molecule has 0 amide bonds. The molecule has 0 radical (unpaired) electrons. The van der Waals surface area contributed by atoms with Crippen molar-refractivity contribution in [3.8, 4) is 0 Å². The van der Waals surface area contributed by atoms with Gasteiger partial charge in [-0.25, -0.2) is 0 Å². The summed E-state index contributed by atoms with van der Waals surface area (Å²) < 4.78 is 0. The monoisotopic (exact) mass is 189 g/mol. The lowest BCUT2D eigenvalue weighted by Crippen LogP contribution is -2.00. The van der Waals surface area contributed by atoms with Gasteiger partial charge in [0.05, 0.1) is 0 Å². The van der Waals surface area contributed by atoms with Crippen LogP contribution in [0.25, 0.3) is 0 Å². The third-order valence-electron chi connectivity index (χ3n) is 3.21. The highest BCUT2D eigenvalue weighted by molar-refractivity contribution is 5.17. The molecule has 76 valence electrons. The van der Waals surface area contributed by atoms with Crippen molar-refractivity contribution < 1.29 is 0 Å². The number of nitrogens with zero attached hydrogens (tertiary/aromatic N) is 1. The lowest BCUT2D eigenvalue weighted by molar-refractivity contribution is 0.577. The van der Waals surface area contributed by atoms with Gasteiger partial charge in [0.25, 0.3) is 0 Å². The van der Waals surface area contributed by atoms with Crippen molar-refractivity contribution in [1.29, 1.82) is 0 Å². The molecule has 1 nitrogen and oxygen atoms in total. The molecule has 1 aliphatic carbocycles. The summed E-state index contributed by atoms with van der Waals surface area (Å²) >= 11 is 0. The predicted molar refractivity (Wildman–Crippen MR) is 59.4 cm³/mol. The van der Waals surface area contributed by atoms with Gasteiger partial charge >= 0.3 is 0 Å². The van der Waals surface area contributed by atoms with E-state index in [1.54, 1.807) is 0 Å². The molecule has 0 unspecified atom stereocenters. The molecule has 0 saturated heterocycles. The molecule has 1 aromatic rings. The minimum absolute atomic E-state index is 0.734. The molecule has 14 heavy (non-hydrogen) atoms. The van der Waals surface area contributed by atoms with Crippen LogP contribution in [0.1, 0.15) is 55.7 Å². The van der Waals surface area contributed by atoms with E-state index in [0.717, 1.165) is 5.92 Å². The fourth-order valence-electron chi connectivity index (χ4n) is 2.36. The SMILES string of the molecule is Cc1ccnc(C2CCCCCC2)c1. The molecule has 1 aliphatic rings. The van der Waals surface area contributed by atoms with E-state index in [-0.39, 0.29) is 0 Å². The molecule has 1 aromatic heterocycles. The third-order valence-corrected chi connectivity index (χ3v) is 3.21. The highest BCUT2D eigenvalue weighted by Crippen LogP contribution is 2.30. The van der Waals surface area contributed by atoms with Gasteiger partial charge < -0.3 is 0 Å². The molecular formula is C13H19N. The lowest BCUT2D eigenvalue weighted by atomic mass is 9.95. The first-order valence-corrected chi connectivity index (χ1v) is 5.79. The second kappa shape index (κ2) is 4.59. The Kier molecular flexibility index (Phi) is 3.18. The summed E-state index contributed by atoms with van der Waals surface area (Å²) in [4.78, 5) is 4.50. The van der Waals surface area contributed by atoms with Gasteiger partial charge in [-0.3, -0.25) is 4.98 Å². The Balaban J connectivity index is 2.12. The summed E-state index contributed by atoms with van der Waals surface area (Å²) in [5, 5.41) is 0. The van der Waals surface area contributed by atoms with E-state index in [2.05, 4.69) is 24.0 Å². The van der Waals surface area contributed by atoms with Crippen LogP contribution < -0.4 is 0 Å². The average molecular weight is 189 g/mol. The maximum atomic E-state index is 4.50. The van der Waals surface area contributed by atoms with Crippen molar-refractivity contribution in [3.05, 3.63) is 29.6 Å². The number of rotatable bonds is 1. The van der Waals surface area contributed by atoms with E-state index in [0.29, 0.717) is 0 Å². The molecule has 2 rings (SSSR count). The van der Waals surface area contributed by atoms with Crippen LogP contribution >= 0.6 is 0 Å². The van der Waals surface area contributed by atoms with E-state index >= 15 is 0 Å². The van der Waals surface area contributed by atoms with Crippen molar-refractivity contribution in [1.82, 2.24) is 4.98 Å². The van der Waals surface area contributed by atoms with Crippen molar-refractivity contribution in [2.24, 2.45) is 0 Å². The quantitative estimate of drug-likeness (QED) is 0.612. The zero-order valence-corrected chi connectivity index (χ0v) is 9.00. The van der Waals surface area contributed by atoms with Crippen LogP contribution in [0.15, 0.2) is 18.3 Å². The minimum atomic E-state index is 0.734. The molecule has 1 saturated carbocycles. The zero-order valence-electron chi connectivity index (χ0n) is 9.00. The summed E-state index contributed by atoms with van der Waals surface area (Å²) in [6, 6.07) is 4.34. The molecule has 0 N–H and O–H groups in total. The van der Waals surface area contributed by atoms with Gasteiger partial charge in [0.15, 0.2) is 0 Å². The first kappa shape index (κ1) is 9.70.